The molecule has 0 fully saturated rings. The average molecular weight is 792 g/mol. The Balaban J connectivity index is 0.873. The Morgan fingerprint density at radius 1 is 0.431 bits per heavy atom. The minimum absolute atomic E-state index is 0.447. The lowest BCUT2D eigenvalue weighted by atomic mass is 10.1. The Labute approximate surface area is 341 Å². The number of hydrogen-bond donors (Lipinski definition) is 0. The van der Waals surface area contributed by atoms with Crippen LogP contribution < -0.4 is 14.4 Å². The molecule has 0 unspecified atom stereocenters. The van der Waals surface area contributed by atoms with Crippen molar-refractivity contribution >= 4 is 59.0 Å². The van der Waals surface area contributed by atoms with Crippen LogP contribution in [0.4, 0.5) is 5.69 Å². The third-order valence-electron chi connectivity index (χ3n) is 10.3. The van der Waals surface area contributed by atoms with Gasteiger partial charge in [0.25, 0.3) is 0 Å². The summed E-state index contributed by atoms with van der Waals surface area (Å²) in [6.07, 6.45) is 0. The Morgan fingerprint density at radius 3 is 1.48 bits per heavy atom. The standard InChI is InChI=1S/C48H45N3O6S/c1-2-4-45-41(3-1)42-18-13-38(33-46(42)58-45)51-21-23-52-25-27-54-29-31-56-39-14-7-34(8-15-39)43-19-11-36-5-6-37-12-20-44(50-48(37)47(36)49-43)35-9-16-40(17-10-35)57-32-30-55-28-26-53-24-22-51/h1-20,33H,21-32H2. The molecular weight excluding hydrogens is 747 g/mol. The van der Waals surface area contributed by atoms with Gasteiger partial charge >= 0.3 is 0 Å². The molecule has 0 saturated carbocycles. The minimum Gasteiger partial charge on any atom is -0.491 e. The van der Waals surface area contributed by atoms with Crippen molar-refractivity contribution < 1.29 is 28.4 Å². The lowest BCUT2D eigenvalue weighted by Gasteiger charge is -2.25. The van der Waals surface area contributed by atoms with Crippen LogP contribution in [0.2, 0.25) is 0 Å². The van der Waals surface area contributed by atoms with Gasteiger partial charge in [-0.05, 0) is 78.9 Å². The largest absolute Gasteiger partial charge is 0.491 e. The third kappa shape index (κ3) is 8.92. The van der Waals surface area contributed by atoms with Crippen LogP contribution in [0.5, 0.6) is 11.5 Å². The Bertz CT molecular complexity index is 2490. The van der Waals surface area contributed by atoms with E-state index >= 15 is 0 Å². The van der Waals surface area contributed by atoms with Crippen LogP contribution in [0.3, 0.4) is 0 Å². The molecule has 3 aliphatic rings. The number of thiophene rings is 1. The van der Waals surface area contributed by atoms with Crippen molar-refractivity contribution in [2.75, 3.05) is 84.1 Å². The first-order chi connectivity index (χ1) is 28.7. The monoisotopic (exact) mass is 791 g/mol. The van der Waals surface area contributed by atoms with E-state index in [1.54, 1.807) is 0 Å². The van der Waals surface area contributed by atoms with Crippen molar-refractivity contribution in [1.82, 2.24) is 9.97 Å². The maximum absolute atomic E-state index is 6.02. The first kappa shape index (κ1) is 37.9. The quantitative estimate of drug-likeness (QED) is 0.151. The average Bonchev–Trinajstić information content (AvgIpc) is 3.65. The van der Waals surface area contributed by atoms with E-state index in [1.807, 2.05) is 59.9 Å². The van der Waals surface area contributed by atoms with Gasteiger partial charge < -0.3 is 33.3 Å². The molecule has 10 heteroatoms. The van der Waals surface area contributed by atoms with Crippen molar-refractivity contribution in [2.45, 2.75) is 0 Å². The molecule has 3 aliphatic heterocycles. The smallest absolute Gasteiger partial charge is 0.119 e. The highest BCUT2D eigenvalue weighted by atomic mass is 32.1. The highest BCUT2D eigenvalue weighted by Gasteiger charge is 2.13. The molecule has 9 nitrogen and oxygen atoms in total. The SMILES string of the molecule is c1ccc2c(c1)sc1cc(N3CCOCCOCCOc4ccc(cc4)-c4ccc5ccc6ccc(nc6c5n4)-c4ccc(cc4)OCCOCCOCC3)ccc12. The summed E-state index contributed by atoms with van der Waals surface area (Å²) in [5.74, 6) is 1.56. The maximum atomic E-state index is 6.02. The van der Waals surface area contributed by atoms with Gasteiger partial charge in [0.1, 0.15) is 24.7 Å². The summed E-state index contributed by atoms with van der Waals surface area (Å²) in [5.41, 5.74) is 6.65. The zero-order valence-corrected chi connectivity index (χ0v) is 33.1. The molecular formula is C48H45N3O6S. The number of rotatable bonds is 1. The van der Waals surface area contributed by atoms with Gasteiger partial charge in [0.15, 0.2) is 0 Å². The summed E-state index contributed by atoms with van der Waals surface area (Å²) < 4.78 is 38.3. The van der Waals surface area contributed by atoms with Gasteiger partial charge in [-0.3, -0.25) is 0 Å². The molecule has 6 heterocycles. The van der Waals surface area contributed by atoms with Gasteiger partial charge in [0.05, 0.1) is 75.3 Å². The van der Waals surface area contributed by atoms with Gasteiger partial charge in [-0.2, -0.15) is 0 Å². The van der Waals surface area contributed by atoms with Crippen molar-refractivity contribution in [3.63, 3.8) is 0 Å². The molecule has 0 saturated heterocycles. The molecule has 0 spiro atoms. The van der Waals surface area contributed by atoms with E-state index < -0.39 is 0 Å². The topological polar surface area (TPSA) is 84.4 Å². The first-order valence-corrected chi connectivity index (χ1v) is 20.7. The zero-order valence-electron chi connectivity index (χ0n) is 32.3. The number of nitrogens with zero attached hydrogens (tertiary/aromatic N) is 3. The van der Waals surface area contributed by atoms with Crippen LogP contribution in [-0.4, -0.2) is 89.1 Å². The molecule has 0 amide bonds. The molecule has 3 aromatic heterocycles. The minimum atomic E-state index is 0.447. The molecule has 0 N–H and O–H groups in total. The molecule has 5 aromatic carbocycles. The molecule has 0 atom stereocenters. The number of aromatic nitrogens is 2. The Morgan fingerprint density at radius 2 is 0.914 bits per heavy atom. The van der Waals surface area contributed by atoms with Crippen LogP contribution in [0.1, 0.15) is 0 Å². The highest BCUT2D eigenvalue weighted by molar-refractivity contribution is 7.25. The van der Waals surface area contributed by atoms with E-state index in [2.05, 4.69) is 83.8 Å². The number of benzene rings is 5. The summed E-state index contributed by atoms with van der Waals surface area (Å²) in [7, 11) is 0. The van der Waals surface area contributed by atoms with Crippen LogP contribution in [0, 0.1) is 0 Å². The van der Waals surface area contributed by atoms with E-state index in [9.17, 15) is 0 Å². The van der Waals surface area contributed by atoms with E-state index in [0.717, 1.165) is 74.6 Å². The predicted octanol–water partition coefficient (Wildman–Crippen LogP) is 9.83. The fourth-order valence-electron chi connectivity index (χ4n) is 7.24. The Kier molecular flexibility index (Phi) is 12.0. The van der Waals surface area contributed by atoms with Gasteiger partial charge in [-0.25, -0.2) is 9.97 Å². The summed E-state index contributed by atoms with van der Waals surface area (Å²) in [4.78, 5) is 12.5. The Hall–Kier alpha value is -5.62. The van der Waals surface area contributed by atoms with Gasteiger partial charge in [0.2, 0.25) is 0 Å². The van der Waals surface area contributed by atoms with Gasteiger partial charge in [-0.15, -0.1) is 11.3 Å². The maximum Gasteiger partial charge on any atom is 0.119 e. The second-order valence-electron chi connectivity index (χ2n) is 14.1. The molecule has 0 aliphatic carbocycles. The highest BCUT2D eigenvalue weighted by Crippen LogP contribution is 2.36. The molecule has 11 rings (SSSR count). The van der Waals surface area contributed by atoms with Crippen molar-refractivity contribution in [3.8, 4) is 34.0 Å². The summed E-state index contributed by atoms with van der Waals surface area (Å²) in [5, 5.41) is 4.67. The number of fused-ring (bicyclic) bond motifs is 5. The number of anilines is 1. The van der Waals surface area contributed by atoms with Gasteiger partial charge in [0, 0.05) is 60.8 Å². The van der Waals surface area contributed by atoms with Crippen LogP contribution in [0.15, 0.2) is 127 Å². The molecule has 8 aromatic rings. The second-order valence-corrected chi connectivity index (χ2v) is 15.1. The van der Waals surface area contributed by atoms with Crippen LogP contribution in [0.25, 0.3) is 64.5 Å². The molecule has 8 bridgehead atoms. The summed E-state index contributed by atoms with van der Waals surface area (Å²) in [6.45, 7) is 6.44. The van der Waals surface area contributed by atoms with E-state index in [-0.39, 0.29) is 0 Å². The number of ether oxygens (including phenoxy) is 6. The third-order valence-corrected chi connectivity index (χ3v) is 11.4. The van der Waals surface area contributed by atoms with E-state index in [0.29, 0.717) is 66.1 Å². The van der Waals surface area contributed by atoms with Gasteiger partial charge in [-0.1, -0.05) is 48.5 Å². The number of hydrogen-bond acceptors (Lipinski definition) is 10. The summed E-state index contributed by atoms with van der Waals surface area (Å²) in [6, 6.07) is 43.9. The van der Waals surface area contributed by atoms with Crippen LogP contribution >= 0.6 is 11.3 Å². The predicted molar refractivity (Wildman–Crippen MR) is 234 cm³/mol. The fraction of sp³-hybridized carbons (Fsp3) is 0.250. The molecule has 58 heavy (non-hydrogen) atoms. The molecule has 0 radical (unpaired) electrons. The fourth-order valence-corrected chi connectivity index (χ4v) is 8.38. The normalized spacial score (nSPS) is 15.8. The number of pyridine rings is 2. The van der Waals surface area contributed by atoms with E-state index in [4.69, 9.17) is 38.4 Å². The lowest BCUT2D eigenvalue weighted by Crippen LogP contribution is -2.31. The molecule has 294 valence electrons. The van der Waals surface area contributed by atoms with E-state index in [1.165, 1.54) is 20.2 Å². The zero-order chi connectivity index (χ0) is 38.9. The van der Waals surface area contributed by atoms with Crippen molar-refractivity contribution in [2.24, 2.45) is 0 Å². The van der Waals surface area contributed by atoms with Crippen molar-refractivity contribution in [1.29, 1.82) is 0 Å². The second kappa shape index (κ2) is 18.3. The lowest BCUT2D eigenvalue weighted by molar-refractivity contribution is 0.0347. The van der Waals surface area contributed by atoms with Crippen molar-refractivity contribution in [3.05, 3.63) is 127 Å². The first-order valence-electron chi connectivity index (χ1n) is 19.9. The van der Waals surface area contributed by atoms with Crippen LogP contribution in [-0.2, 0) is 18.9 Å². The summed E-state index contributed by atoms with van der Waals surface area (Å²) >= 11 is 1.83.